The van der Waals surface area contributed by atoms with E-state index < -0.39 is 12.1 Å². The van der Waals surface area contributed by atoms with Gasteiger partial charge in [-0.3, -0.25) is 0 Å². The summed E-state index contributed by atoms with van der Waals surface area (Å²) in [4.78, 5) is 25.5. The Morgan fingerprint density at radius 2 is 1.78 bits per heavy atom. The third-order valence-electron chi connectivity index (χ3n) is 3.99. The fourth-order valence-electron chi connectivity index (χ4n) is 2.58. The highest BCUT2D eigenvalue weighted by Crippen LogP contribution is 2.22. The first-order chi connectivity index (χ1) is 12.9. The van der Waals surface area contributed by atoms with Crippen LogP contribution in [0.1, 0.15) is 42.3 Å². The van der Waals surface area contributed by atoms with E-state index in [0.29, 0.717) is 17.9 Å². The molecule has 0 radical (unpaired) electrons. The minimum atomic E-state index is -1.07. The highest BCUT2D eigenvalue weighted by molar-refractivity contribution is 5.91. The molecule has 0 saturated carbocycles. The molecule has 0 spiro atoms. The van der Waals surface area contributed by atoms with Crippen molar-refractivity contribution in [2.45, 2.75) is 40.0 Å². The summed E-state index contributed by atoms with van der Waals surface area (Å²) >= 11 is 0. The summed E-state index contributed by atoms with van der Waals surface area (Å²) in [5, 5.41) is 9.39. The second-order valence-corrected chi connectivity index (χ2v) is 6.33. The Labute approximate surface area is 159 Å². The van der Waals surface area contributed by atoms with E-state index in [-0.39, 0.29) is 24.8 Å². The van der Waals surface area contributed by atoms with Crippen LogP contribution < -0.4 is 4.74 Å². The molecule has 0 saturated heterocycles. The predicted octanol–water partition coefficient (Wildman–Crippen LogP) is 4.33. The van der Waals surface area contributed by atoms with E-state index in [4.69, 9.17) is 9.47 Å². The van der Waals surface area contributed by atoms with Crippen molar-refractivity contribution in [2.24, 2.45) is 0 Å². The highest BCUT2D eigenvalue weighted by atomic mass is 16.6. The molecule has 6 nitrogen and oxygen atoms in total. The molecule has 0 aliphatic rings. The predicted molar refractivity (Wildman–Crippen MR) is 102 cm³/mol. The van der Waals surface area contributed by atoms with Crippen molar-refractivity contribution < 1.29 is 24.2 Å². The molecule has 2 aromatic carbocycles. The van der Waals surface area contributed by atoms with E-state index in [9.17, 15) is 14.7 Å². The Hall–Kier alpha value is -3.02. The standard InChI is InChI=1S/C21H25NO5/c1-4-26-19-11-10-17(12-18(19)20(23)24)13-22(15(2)3)21(25)27-14-16-8-6-5-7-9-16/h5-12,15H,4,13-14H2,1-3H3,(H,23,24). The Balaban J connectivity index is 2.12. The number of hydrogen-bond donors (Lipinski definition) is 1. The summed E-state index contributed by atoms with van der Waals surface area (Å²) in [5.41, 5.74) is 1.68. The fraction of sp³-hybridized carbons (Fsp3) is 0.333. The lowest BCUT2D eigenvalue weighted by atomic mass is 10.1. The zero-order valence-corrected chi connectivity index (χ0v) is 15.8. The van der Waals surface area contributed by atoms with Crippen molar-refractivity contribution in [3.63, 3.8) is 0 Å². The summed E-state index contributed by atoms with van der Waals surface area (Å²) in [6.07, 6.45) is -0.445. The average Bonchev–Trinajstić information content (AvgIpc) is 2.65. The monoisotopic (exact) mass is 371 g/mol. The van der Waals surface area contributed by atoms with Crippen LogP contribution in [0.15, 0.2) is 48.5 Å². The number of amides is 1. The first-order valence-corrected chi connectivity index (χ1v) is 8.88. The number of hydrogen-bond acceptors (Lipinski definition) is 4. The Kier molecular flexibility index (Phi) is 7.23. The van der Waals surface area contributed by atoms with Gasteiger partial charge < -0.3 is 19.5 Å². The van der Waals surface area contributed by atoms with Crippen LogP contribution in [-0.2, 0) is 17.9 Å². The van der Waals surface area contributed by atoms with E-state index in [1.54, 1.807) is 24.0 Å². The lowest BCUT2D eigenvalue weighted by Gasteiger charge is -2.26. The molecule has 2 rings (SSSR count). The van der Waals surface area contributed by atoms with Crippen LogP contribution in [0.3, 0.4) is 0 Å². The number of carbonyl (C=O) groups is 2. The van der Waals surface area contributed by atoms with Gasteiger partial charge in [0.1, 0.15) is 17.9 Å². The van der Waals surface area contributed by atoms with Gasteiger partial charge in [0, 0.05) is 12.6 Å². The van der Waals surface area contributed by atoms with Crippen molar-refractivity contribution in [2.75, 3.05) is 6.61 Å². The van der Waals surface area contributed by atoms with E-state index in [2.05, 4.69) is 0 Å². The zero-order chi connectivity index (χ0) is 19.8. The van der Waals surface area contributed by atoms with Crippen LogP contribution in [0.4, 0.5) is 4.79 Å². The molecule has 0 unspecified atom stereocenters. The van der Waals surface area contributed by atoms with Crippen molar-refractivity contribution in [1.29, 1.82) is 0 Å². The van der Waals surface area contributed by atoms with E-state index in [1.807, 2.05) is 44.2 Å². The van der Waals surface area contributed by atoms with Gasteiger partial charge in [-0.25, -0.2) is 9.59 Å². The summed E-state index contributed by atoms with van der Waals surface area (Å²) in [6, 6.07) is 14.3. The molecule has 0 aliphatic carbocycles. The molecule has 1 N–H and O–H groups in total. The minimum Gasteiger partial charge on any atom is -0.493 e. The van der Waals surface area contributed by atoms with E-state index in [0.717, 1.165) is 5.56 Å². The maximum absolute atomic E-state index is 12.5. The topological polar surface area (TPSA) is 76.1 Å². The molecule has 6 heteroatoms. The third-order valence-corrected chi connectivity index (χ3v) is 3.99. The van der Waals surface area contributed by atoms with Crippen LogP contribution in [-0.4, -0.2) is 34.7 Å². The van der Waals surface area contributed by atoms with Gasteiger partial charge in [0.2, 0.25) is 0 Å². The van der Waals surface area contributed by atoms with Gasteiger partial charge in [-0.05, 0) is 44.0 Å². The van der Waals surface area contributed by atoms with Crippen LogP contribution in [0.2, 0.25) is 0 Å². The lowest BCUT2D eigenvalue weighted by Crippen LogP contribution is -2.36. The van der Waals surface area contributed by atoms with Crippen molar-refractivity contribution in [3.8, 4) is 5.75 Å². The lowest BCUT2D eigenvalue weighted by molar-refractivity contribution is 0.0692. The molecule has 0 aliphatic heterocycles. The number of benzene rings is 2. The van der Waals surface area contributed by atoms with Crippen molar-refractivity contribution in [3.05, 3.63) is 65.2 Å². The Morgan fingerprint density at radius 1 is 1.07 bits per heavy atom. The Morgan fingerprint density at radius 3 is 2.37 bits per heavy atom. The summed E-state index contributed by atoms with van der Waals surface area (Å²) in [7, 11) is 0. The average molecular weight is 371 g/mol. The highest BCUT2D eigenvalue weighted by Gasteiger charge is 2.20. The van der Waals surface area contributed by atoms with Gasteiger partial charge in [0.05, 0.1) is 6.61 Å². The molecule has 1 amide bonds. The van der Waals surface area contributed by atoms with E-state index in [1.165, 1.54) is 6.07 Å². The molecular weight excluding hydrogens is 346 g/mol. The van der Waals surface area contributed by atoms with Gasteiger partial charge in [-0.15, -0.1) is 0 Å². The molecule has 0 fully saturated rings. The zero-order valence-electron chi connectivity index (χ0n) is 15.8. The number of nitrogens with zero attached hydrogens (tertiary/aromatic N) is 1. The summed E-state index contributed by atoms with van der Waals surface area (Å²) < 4.78 is 10.8. The Bertz CT molecular complexity index is 773. The molecule has 0 bridgehead atoms. The van der Waals surface area contributed by atoms with Crippen LogP contribution in [0, 0.1) is 0 Å². The van der Waals surface area contributed by atoms with Gasteiger partial charge in [-0.1, -0.05) is 36.4 Å². The first-order valence-electron chi connectivity index (χ1n) is 8.88. The molecule has 2 aromatic rings. The fourth-order valence-corrected chi connectivity index (χ4v) is 2.58. The van der Waals surface area contributed by atoms with Gasteiger partial charge >= 0.3 is 12.1 Å². The van der Waals surface area contributed by atoms with Crippen molar-refractivity contribution >= 4 is 12.1 Å². The molecular formula is C21H25NO5. The summed E-state index contributed by atoms with van der Waals surface area (Å²) in [5.74, 6) is -0.750. The second kappa shape index (κ2) is 9.62. The number of carboxylic acid groups (broad SMARTS) is 1. The third kappa shape index (κ3) is 5.74. The molecule has 0 aromatic heterocycles. The first kappa shape index (κ1) is 20.3. The SMILES string of the molecule is CCOc1ccc(CN(C(=O)OCc2ccccc2)C(C)C)cc1C(=O)O. The molecule has 144 valence electrons. The van der Waals surface area contributed by atoms with Gasteiger partial charge in [0.15, 0.2) is 0 Å². The smallest absolute Gasteiger partial charge is 0.410 e. The van der Waals surface area contributed by atoms with Crippen LogP contribution in [0.5, 0.6) is 5.75 Å². The quantitative estimate of drug-likeness (QED) is 0.747. The summed E-state index contributed by atoms with van der Waals surface area (Å²) in [6.45, 7) is 6.38. The second-order valence-electron chi connectivity index (χ2n) is 6.33. The van der Waals surface area contributed by atoms with Crippen molar-refractivity contribution in [1.82, 2.24) is 4.90 Å². The maximum atomic E-state index is 12.5. The van der Waals surface area contributed by atoms with Gasteiger partial charge in [-0.2, -0.15) is 0 Å². The van der Waals surface area contributed by atoms with E-state index >= 15 is 0 Å². The minimum absolute atomic E-state index is 0.0794. The number of carbonyl (C=O) groups excluding carboxylic acids is 1. The number of ether oxygens (including phenoxy) is 2. The number of aromatic carboxylic acids is 1. The van der Waals surface area contributed by atoms with Gasteiger partial charge in [0.25, 0.3) is 0 Å². The largest absolute Gasteiger partial charge is 0.493 e. The maximum Gasteiger partial charge on any atom is 0.410 e. The number of rotatable bonds is 8. The molecule has 27 heavy (non-hydrogen) atoms. The molecule has 0 heterocycles. The number of carboxylic acids is 1. The van der Waals surface area contributed by atoms with Crippen LogP contribution in [0.25, 0.3) is 0 Å². The molecule has 0 atom stereocenters. The normalized spacial score (nSPS) is 10.5. The van der Waals surface area contributed by atoms with Crippen LogP contribution >= 0.6 is 0 Å².